The van der Waals surface area contributed by atoms with Gasteiger partial charge in [0, 0.05) is 35.8 Å². The van der Waals surface area contributed by atoms with Crippen molar-refractivity contribution in [3.8, 4) is 17.2 Å². The fourth-order valence-electron chi connectivity index (χ4n) is 5.43. The van der Waals surface area contributed by atoms with Gasteiger partial charge < -0.3 is 4.57 Å². The molecule has 0 unspecified atom stereocenters. The Balaban J connectivity index is 1.34. The van der Waals surface area contributed by atoms with Crippen LogP contribution in [0.2, 0.25) is 0 Å². The lowest BCUT2D eigenvalue weighted by Gasteiger charge is -2.21. The van der Waals surface area contributed by atoms with E-state index < -0.39 is 0 Å². The predicted molar refractivity (Wildman–Crippen MR) is 140 cm³/mol. The van der Waals surface area contributed by atoms with Gasteiger partial charge in [0.2, 0.25) is 5.91 Å². The van der Waals surface area contributed by atoms with Crippen LogP contribution in [0.3, 0.4) is 0 Å². The molecule has 0 N–H and O–H groups in total. The van der Waals surface area contributed by atoms with Crippen molar-refractivity contribution in [2.24, 2.45) is 5.92 Å². The third-order valence-corrected chi connectivity index (χ3v) is 7.43. The summed E-state index contributed by atoms with van der Waals surface area (Å²) in [6.45, 7) is 0.746. The summed E-state index contributed by atoms with van der Waals surface area (Å²) in [6.07, 6.45) is 9.62. The summed E-state index contributed by atoms with van der Waals surface area (Å²) in [5.41, 5.74) is 6.24. The fourth-order valence-corrected chi connectivity index (χ4v) is 5.43. The molecule has 0 atom stereocenters. The van der Waals surface area contributed by atoms with Crippen LogP contribution < -0.4 is 0 Å². The van der Waals surface area contributed by atoms with Crippen molar-refractivity contribution in [1.29, 1.82) is 5.26 Å². The van der Waals surface area contributed by atoms with Gasteiger partial charge in [0.15, 0.2) is 0 Å². The molecule has 1 fully saturated rings. The van der Waals surface area contributed by atoms with Crippen molar-refractivity contribution in [3.05, 3.63) is 96.3 Å². The molecule has 2 heterocycles. The SMILES string of the molecule is N#Cc1ccc(Cn2ccc3ccc(-c4ccc5ccn(C(=O)C6CCCCC6)c5c4)cc32)cc1. The standard InChI is InChI=1S/C31H27N3O/c32-20-22-6-8-23(9-7-22)21-33-16-14-24-10-12-27(18-29(24)33)28-13-11-25-15-17-34(30(25)19-28)31(35)26-4-2-1-3-5-26/h6-19,26H,1-5,21H2. The van der Waals surface area contributed by atoms with Crippen molar-refractivity contribution >= 4 is 27.7 Å². The average molecular weight is 458 g/mol. The minimum Gasteiger partial charge on any atom is -0.343 e. The van der Waals surface area contributed by atoms with E-state index in [0.29, 0.717) is 5.56 Å². The number of nitriles is 1. The van der Waals surface area contributed by atoms with E-state index in [9.17, 15) is 4.79 Å². The zero-order valence-corrected chi connectivity index (χ0v) is 19.7. The van der Waals surface area contributed by atoms with E-state index in [1.807, 2.05) is 41.1 Å². The minimum atomic E-state index is 0.143. The van der Waals surface area contributed by atoms with Crippen LogP contribution in [0.15, 0.2) is 85.2 Å². The molecule has 3 aromatic carbocycles. The van der Waals surface area contributed by atoms with Gasteiger partial charge in [-0.25, -0.2) is 0 Å². The molecule has 0 amide bonds. The third kappa shape index (κ3) is 4.04. The molecule has 1 aliphatic rings. The first-order valence-corrected chi connectivity index (χ1v) is 12.4. The maximum atomic E-state index is 13.3. The first kappa shape index (κ1) is 21.4. The van der Waals surface area contributed by atoms with Crippen LogP contribution in [-0.4, -0.2) is 15.0 Å². The van der Waals surface area contributed by atoms with E-state index in [4.69, 9.17) is 5.26 Å². The van der Waals surface area contributed by atoms with Crippen LogP contribution in [0.5, 0.6) is 0 Å². The van der Waals surface area contributed by atoms with Gasteiger partial charge in [0.05, 0.1) is 17.1 Å². The van der Waals surface area contributed by atoms with Gasteiger partial charge in [-0.1, -0.05) is 55.7 Å². The first-order chi connectivity index (χ1) is 17.2. The Labute approximate surface area is 205 Å². The highest BCUT2D eigenvalue weighted by atomic mass is 16.2. The maximum absolute atomic E-state index is 13.3. The Hall–Kier alpha value is -4.10. The lowest BCUT2D eigenvalue weighted by molar-refractivity contribution is 0.0807. The molecule has 2 aromatic heterocycles. The monoisotopic (exact) mass is 457 g/mol. The van der Waals surface area contributed by atoms with Crippen molar-refractivity contribution in [2.75, 3.05) is 0 Å². The number of aromatic nitrogens is 2. The molecule has 0 bridgehead atoms. The number of carbonyl (C=O) groups excluding carboxylic acids is 1. The smallest absolute Gasteiger partial charge is 0.234 e. The second-order valence-corrected chi connectivity index (χ2v) is 9.66. The number of rotatable bonds is 4. The zero-order valence-electron chi connectivity index (χ0n) is 19.7. The Kier molecular flexibility index (Phi) is 5.47. The quantitative estimate of drug-likeness (QED) is 0.282. The van der Waals surface area contributed by atoms with Gasteiger partial charge in [0.1, 0.15) is 0 Å². The number of benzene rings is 3. The highest BCUT2D eigenvalue weighted by molar-refractivity contribution is 5.96. The number of carbonyl (C=O) groups is 1. The molecule has 0 saturated heterocycles. The van der Waals surface area contributed by atoms with E-state index in [2.05, 4.69) is 59.3 Å². The molecule has 1 aliphatic carbocycles. The van der Waals surface area contributed by atoms with Crippen LogP contribution in [0.1, 0.15) is 48.0 Å². The van der Waals surface area contributed by atoms with Crippen molar-refractivity contribution in [2.45, 2.75) is 38.6 Å². The van der Waals surface area contributed by atoms with Crippen molar-refractivity contribution < 1.29 is 4.79 Å². The summed E-state index contributed by atoms with van der Waals surface area (Å²) in [4.78, 5) is 13.3. The molecule has 0 aliphatic heterocycles. The van der Waals surface area contributed by atoms with E-state index in [1.54, 1.807) is 0 Å². The molecule has 0 spiro atoms. The molecular formula is C31H27N3O. The first-order valence-electron chi connectivity index (χ1n) is 12.4. The molecular weight excluding hydrogens is 430 g/mol. The number of hydrogen-bond donors (Lipinski definition) is 0. The van der Waals surface area contributed by atoms with E-state index in [0.717, 1.165) is 59.8 Å². The van der Waals surface area contributed by atoms with Crippen LogP contribution in [0.25, 0.3) is 32.9 Å². The van der Waals surface area contributed by atoms with Crippen LogP contribution in [0, 0.1) is 17.2 Å². The molecule has 5 aromatic rings. The Morgan fingerprint density at radius 2 is 1.46 bits per heavy atom. The van der Waals surface area contributed by atoms with Gasteiger partial charge in [0.25, 0.3) is 0 Å². The van der Waals surface area contributed by atoms with E-state index in [1.165, 1.54) is 17.3 Å². The highest BCUT2D eigenvalue weighted by Crippen LogP contribution is 2.31. The molecule has 6 rings (SSSR count). The molecule has 172 valence electrons. The maximum Gasteiger partial charge on any atom is 0.234 e. The lowest BCUT2D eigenvalue weighted by Crippen LogP contribution is -2.23. The summed E-state index contributed by atoms with van der Waals surface area (Å²) < 4.78 is 4.12. The van der Waals surface area contributed by atoms with Crippen LogP contribution >= 0.6 is 0 Å². The van der Waals surface area contributed by atoms with Crippen molar-refractivity contribution in [3.63, 3.8) is 0 Å². The zero-order chi connectivity index (χ0) is 23.8. The Morgan fingerprint density at radius 3 is 2.17 bits per heavy atom. The predicted octanol–water partition coefficient (Wildman–Crippen LogP) is 7.40. The second kappa shape index (κ2) is 8.92. The van der Waals surface area contributed by atoms with E-state index in [-0.39, 0.29) is 11.8 Å². The van der Waals surface area contributed by atoms with Crippen LogP contribution in [0.4, 0.5) is 0 Å². The third-order valence-electron chi connectivity index (χ3n) is 7.43. The van der Waals surface area contributed by atoms with Crippen LogP contribution in [-0.2, 0) is 6.54 Å². The van der Waals surface area contributed by atoms with Gasteiger partial charge in [-0.3, -0.25) is 9.36 Å². The summed E-state index contributed by atoms with van der Waals surface area (Å²) in [7, 11) is 0. The van der Waals surface area contributed by atoms with Gasteiger partial charge in [-0.15, -0.1) is 0 Å². The van der Waals surface area contributed by atoms with E-state index >= 15 is 0 Å². The topological polar surface area (TPSA) is 50.7 Å². The molecule has 0 radical (unpaired) electrons. The largest absolute Gasteiger partial charge is 0.343 e. The summed E-state index contributed by atoms with van der Waals surface area (Å²) >= 11 is 0. The highest BCUT2D eigenvalue weighted by Gasteiger charge is 2.23. The number of fused-ring (bicyclic) bond motifs is 2. The number of hydrogen-bond acceptors (Lipinski definition) is 2. The number of nitrogens with zero attached hydrogens (tertiary/aromatic N) is 3. The Bertz CT molecular complexity index is 1570. The summed E-state index contributed by atoms with van der Waals surface area (Å²) in [5, 5.41) is 11.3. The van der Waals surface area contributed by atoms with Gasteiger partial charge >= 0.3 is 0 Å². The summed E-state index contributed by atoms with van der Waals surface area (Å²) in [5.74, 6) is 0.383. The molecule has 4 heteroatoms. The fraction of sp³-hybridized carbons (Fsp3) is 0.226. The second-order valence-electron chi connectivity index (χ2n) is 9.66. The molecule has 4 nitrogen and oxygen atoms in total. The normalized spacial score (nSPS) is 14.4. The molecule has 1 saturated carbocycles. The summed E-state index contributed by atoms with van der Waals surface area (Å²) in [6, 6.07) is 27.1. The minimum absolute atomic E-state index is 0.143. The Morgan fingerprint density at radius 1 is 0.800 bits per heavy atom. The average Bonchev–Trinajstić information content (AvgIpc) is 3.52. The van der Waals surface area contributed by atoms with Gasteiger partial charge in [-0.05, 0) is 71.3 Å². The molecule has 35 heavy (non-hydrogen) atoms. The lowest BCUT2D eigenvalue weighted by atomic mass is 9.88. The van der Waals surface area contributed by atoms with Gasteiger partial charge in [-0.2, -0.15) is 5.26 Å². The van der Waals surface area contributed by atoms with Crippen molar-refractivity contribution in [1.82, 2.24) is 9.13 Å².